The lowest BCUT2D eigenvalue weighted by Crippen LogP contribution is -2.53. The van der Waals surface area contributed by atoms with Gasteiger partial charge in [-0.25, -0.2) is 0 Å². The van der Waals surface area contributed by atoms with Crippen LogP contribution in [-0.2, 0) is 0 Å². The van der Waals surface area contributed by atoms with Crippen molar-refractivity contribution in [1.29, 1.82) is 0 Å². The van der Waals surface area contributed by atoms with Crippen molar-refractivity contribution in [3.8, 4) is 0 Å². The van der Waals surface area contributed by atoms with Crippen LogP contribution in [0.1, 0.15) is 46.5 Å². The molecule has 0 heterocycles. The van der Waals surface area contributed by atoms with E-state index in [0.717, 1.165) is 19.3 Å². The predicted octanol–water partition coefficient (Wildman–Crippen LogP) is 6.61. The Bertz CT molecular complexity index is 706. The number of alkyl halides is 1. The maximum absolute atomic E-state index is 7.09. The first-order valence-corrected chi connectivity index (χ1v) is 9.88. The third-order valence-corrected chi connectivity index (χ3v) is 8.59. The molecule has 24 heavy (non-hydrogen) atoms. The number of fused-ring (bicyclic) bond motifs is 5. The highest BCUT2D eigenvalue weighted by Gasteiger charge is 2.59. The Morgan fingerprint density at radius 2 is 1.96 bits per heavy atom. The van der Waals surface area contributed by atoms with Crippen LogP contribution in [0.3, 0.4) is 0 Å². The fourth-order valence-corrected chi connectivity index (χ4v) is 6.78. The molecule has 4 aliphatic rings. The van der Waals surface area contributed by atoms with Gasteiger partial charge in [-0.15, -0.1) is 11.6 Å². The summed E-state index contributed by atoms with van der Waals surface area (Å²) in [4.78, 5) is 0. The Morgan fingerprint density at radius 3 is 2.67 bits per heavy atom. The van der Waals surface area contributed by atoms with E-state index in [1.807, 2.05) is 0 Å². The molecule has 0 N–H and O–H groups in total. The Hall–Kier alpha value is -1.01. The molecule has 0 aromatic rings. The van der Waals surface area contributed by atoms with Crippen LogP contribution in [-0.4, -0.2) is 5.38 Å². The van der Waals surface area contributed by atoms with E-state index in [0.29, 0.717) is 17.8 Å². The molecule has 0 bridgehead atoms. The number of allylic oxidation sites excluding steroid dienone is 8. The van der Waals surface area contributed by atoms with Crippen LogP contribution < -0.4 is 0 Å². The van der Waals surface area contributed by atoms with E-state index in [1.54, 1.807) is 5.57 Å². The topological polar surface area (TPSA) is 0 Å². The van der Waals surface area contributed by atoms with Crippen molar-refractivity contribution in [2.45, 2.75) is 51.8 Å². The van der Waals surface area contributed by atoms with E-state index in [1.165, 1.54) is 23.1 Å². The molecule has 1 saturated carbocycles. The van der Waals surface area contributed by atoms with Gasteiger partial charge in [0.25, 0.3) is 0 Å². The molecule has 0 amide bonds. The molecule has 1 fully saturated rings. The fraction of sp³-hybridized carbons (Fsp3) is 0.565. The quantitative estimate of drug-likeness (QED) is 0.372. The highest BCUT2D eigenvalue weighted by Crippen LogP contribution is 2.66. The average molecular weight is 341 g/mol. The van der Waals surface area contributed by atoms with Crippen LogP contribution >= 0.6 is 11.6 Å². The van der Waals surface area contributed by atoms with Crippen LogP contribution in [0.2, 0.25) is 0 Å². The Labute approximate surface area is 152 Å². The lowest BCUT2D eigenvalue weighted by Gasteiger charge is -2.58. The van der Waals surface area contributed by atoms with E-state index in [4.69, 9.17) is 11.6 Å². The van der Waals surface area contributed by atoms with Crippen molar-refractivity contribution >= 4 is 11.6 Å². The summed E-state index contributed by atoms with van der Waals surface area (Å²) >= 11 is 7.09. The van der Waals surface area contributed by atoms with Crippen LogP contribution in [0.4, 0.5) is 0 Å². The first-order chi connectivity index (χ1) is 11.3. The zero-order valence-corrected chi connectivity index (χ0v) is 16.0. The Kier molecular flexibility index (Phi) is 3.59. The molecule has 128 valence electrons. The maximum atomic E-state index is 7.09. The standard InChI is InChI=1S/C23H29Cl/c1-6-16-10-12-19-18-11-9-17-8-7-14(2)15(3)22(17,4)20(18)13-21(24)23(16,19)5/h8-11,18-21H,2-3,6-7,12-13H2,1,4-5H3/t18-,19-,20-,21?,22-,23+/m0/s1. The lowest BCUT2D eigenvalue weighted by atomic mass is 9.47. The van der Waals surface area contributed by atoms with Gasteiger partial charge >= 0.3 is 0 Å². The van der Waals surface area contributed by atoms with Gasteiger partial charge < -0.3 is 0 Å². The van der Waals surface area contributed by atoms with Gasteiger partial charge in [-0.1, -0.05) is 63.8 Å². The lowest BCUT2D eigenvalue weighted by molar-refractivity contribution is 0.0375. The molecule has 0 aromatic heterocycles. The number of rotatable bonds is 1. The molecule has 0 radical (unpaired) electrons. The summed E-state index contributed by atoms with van der Waals surface area (Å²) in [5.41, 5.74) is 5.64. The maximum Gasteiger partial charge on any atom is 0.0433 e. The predicted molar refractivity (Wildman–Crippen MR) is 104 cm³/mol. The van der Waals surface area contributed by atoms with Crippen molar-refractivity contribution in [3.63, 3.8) is 0 Å². The van der Waals surface area contributed by atoms with Crippen molar-refractivity contribution < 1.29 is 0 Å². The van der Waals surface area contributed by atoms with Gasteiger partial charge in [-0.2, -0.15) is 0 Å². The molecule has 0 nitrogen and oxygen atoms in total. The average Bonchev–Trinajstić information content (AvgIpc) is 2.91. The zero-order valence-electron chi connectivity index (χ0n) is 15.2. The fourth-order valence-electron chi connectivity index (χ4n) is 6.29. The molecule has 1 unspecified atom stereocenters. The van der Waals surface area contributed by atoms with Gasteiger partial charge in [0.1, 0.15) is 0 Å². The summed E-state index contributed by atoms with van der Waals surface area (Å²) in [7, 11) is 0. The summed E-state index contributed by atoms with van der Waals surface area (Å²) in [5.74, 6) is 1.77. The number of hydrogen-bond acceptors (Lipinski definition) is 0. The highest BCUT2D eigenvalue weighted by atomic mass is 35.5. The van der Waals surface area contributed by atoms with E-state index in [9.17, 15) is 0 Å². The summed E-state index contributed by atoms with van der Waals surface area (Å²) in [6, 6.07) is 0. The van der Waals surface area contributed by atoms with Gasteiger partial charge in [0.15, 0.2) is 0 Å². The van der Waals surface area contributed by atoms with Crippen LogP contribution in [0.5, 0.6) is 0 Å². The molecule has 0 saturated heterocycles. The van der Waals surface area contributed by atoms with E-state index in [2.05, 4.69) is 58.2 Å². The molecule has 0 spiro atoms. The minimum Gasteiger partial charge on any atom is -0.122 e. The second-order valence-electron chi connectivity index (χ2n) is 8.60. The molecular weight excluding hydrogens is 312 g/mol. The minimum atomic E-state index is 0.0121. The minimum absolute atomic E-state index is 0.0121. The first kappa shape index (κ1) is 16.5. The van der Waals surface area contributed by atoms with Crippen molar-refractivity contribution in [2.24, 2.45) is 28.6 Å². The Balaban J connectivity index is 1.81. The van der Waals surface area contributed by atoms with Crippen LogP contribution in [0, 0.1) is 28.6 Å². The van der Waals surface area contributed by atoms with Gasteiger partial charge in [-0.3, -0.25) is 0 Å². The molecule has 4 rings (SSSR count). The van der Waals surface area contributed by atoms with Gasteiger partial charge in [0.05, 0.1) is 0 Å². The Morgan fingerprint density at radius 1 is 1.21 bits per heavy atom. The molecule has 0 aromatic carbocycles. The SMILES string of the molecule is C=C1CC=C2C=C[C@@H]3[C@H](CC(Cl)[C@]4(C)C(CC)=CC[C@@H]34)[C@@]2(C)C1=C. The number of hydrogen-bond donors (Lipinski definition) is 0. The molecule has 1 heteroatoms. The highest BCUT2D eigenvalue weighted by molar-refractivity contribution is 6.21. The van der Waals surface area contributed by atoms with Gasteiger partial charge in [0.2, 0.25) is 0 Å². The van der Waals surface area contributed by atoms with Crippen LogP contribution in [0.15, 0.2) is 59.8 Å². The smallest absolute Gasteiger partial charge is 0.0433 e. The summed E-state index contributed by atoms with van der Waals surface area (Å²) in [6.45, 7) is 15.8. The zero-order chi connectivity index (χ0) is 17.3. The largest absolute Gasteiger partial charge is 0.122 e. The summed E-state index contributed by atoms with van der Waals surface area (Å²) in [5, 5.41) is 0.213. The first-order valence-electron chi connectivity index (χ1n) is 9.45. The third-order valence-electron chi connectivity index (χ3n) is 7.96. The normalized spacial score (nSPS) is 46.8. The van der Waals surface area contributed by atoms with Crippen molar-refractivity contribution in [2.75, 3.05) is 0 Å². The number of halogens is 1. The van der Waals surface area contributed by atoms with E-state index >= 15 is 0 Å². The summed E-state index contributed by atoms with van der Waals surface area (Å²) < 4.78 is 0. The molecular formula is C23H29Cl. The second-order valence-corrected chi connectivity index (χ2v) is 9.13. The second kappa shape index (κ2) is 5.24. The molecule has 6 atom stereocenters. The molecule has 4 aliphatic carbocycles. The van der Waals surface area contributed by atoms with Gasteiger partial charge in [0, 0.05) is 16.2 Å². The van der Waals surface area contributed by atoms with Crippen molar-refractivity contribution in [3.05, 3.63) is 59.8 Å². The van der Waals surface area contributed by atoms with Gasteiger partial charge in [-0.05, 0) is 60.2 Å². The van der Waals surface area contributed by atoms with E-state index < -0.39 is 0 Å². The summed E-state index contributed by atoms with van der Waals surface area (Å²) in [6.07, 6.45) is 14.1. The van der Waals surface area contributed by atoms with Crippen molar-refractivity contribution in [1.82, 2.24) is 0 Å². The third kappa shape index (κ3) is 1.81. The monoisotopic (exact) mass is 340 g/mol. The van der Waals surface area contributed by atoms with Crippen LogP contribution in [0.25, 0.3) is 0 Å². The molecule has 0 aliphatic heterocycles. The van der Waals surface area contributed by atoms with E-state index in [-0.39, 0.29) is 16.2 Å².